The Morgan fingerprint density at radius 3 is 1.42 bits per heavy atom. The van der Waals surface area contributed by atoms with Crippen LogP contribution >= 0.6 is 0 Å². The van der Waals surface area contributed by atoms with Crippen LogP contribution < -0.4 is 0 Å². The van der Waals surface area contributed by atoms with Gasteiger partial charge in [-0.2, -0.15) is 0 Å². The molecule has 4 atom stereocenters. The van der Waals surface area contributed by atoms with E-state index in [-0.39, 0.29) is 0 Å². The van der Waals surface area contributed by atoms with Crippen LogP contribution in [0.1, 0.15) is 39.5 Å². The third kappa shape index (κ3) is 2.22. The Balaban J connectivity index is 1.28. The molecule has 0 aromatic rings. The largest absolute Gasteiger partial charge is 0.380 e. The standard InChI is InChI=1S/C22H34N2O2/c1-15-3-5-17(23-7-21(8-23)11-25-12-21)20-18(6-4-16(2)19(15)20)24-9-22(10-24)13-26-14-22/h15-18H,3-14H2,1-2H3/t15-,16+,17-,18-/m1/s1. The van der Waals surface area contributed by atoms with Gasteiger partial charge >= 0.3 is 0 Å². The molecule has 144 valence electrons. The van der Waals surface area contributed by atoms with Crippen molar-refractivity contribution in [3.63, 3.8) is 0 Å². The summed E-state index contributed by atoms with van der Waals surface area (Å²) in [5, 5.41) is 0. The third-order valence-corrected chi connectivity index (χ3v) is 8.53. The van der Waals surface area contributed by atoms with E-state index in [0.717, 1.165) is 50.3 Å². The molecule has 6 aliphatic rings. The Morgan fingerprint density at radius 1 is 0.654 bits per heavy atom. The molecule has 0 aromatic carbocycles. The lowest BCUT2D eigenvalue weighted by Crippen LogP contribution is -2.71. The monoisotopic (exact) mass is 358 g/mol. The predicted molar refractivity (Wildman–Crippen MR) is 101 cm³/mol. The fourth-order valence-electron chi connectivity index (χ4n) is 7.08. The summed E-state index contributed by atoms with van der Waals surface area (Å²) in [6.07, 6.45) is 5.53. The molecule has 0 aromatic heterocycles. The lowest BCUT2D eigenvalue weighted by molar-refractivity contribution is -0.204. The highest BCUT2D eigenvalue weighted by Gasteiger charge is 2.56. The summed E-state index contributed by atoms with van der Waals surface area (Å²) in [6, 6.07) is 1.43. The molecule has 2 spiro atoms. The van der Waals surface area contributed by atoms with Gasteiger partial charge in [-0.1, -0.05) is 19.4 Å². The Labute approximate surface area is 157 Å². The topological polar surface area (TPSA) is 24.9 Å². The average Bonchev–Trinajstić information content (AvgIpc) is 2.45. The van der Waals surface area contributed by atoms with Gasteiger partial charge in [0.25, 0.3) is 0 Å². The Kier molecular flexibility index (Phi) is 3.53. The van der Waals surface area contributed by atoms with Crippen molar-refractivity contribution in [3.05, 3.63) is 11.1 Å². The molecule has 0 bridgehead atoms. The van der Waals surface area contributed by atoms with Crippen LogP contribution in [0, 0.1) is 22.7 Å². The van der Waals surface area contributed by atoms with E-state index >= 15 is 0 Å². The number of hydrogen-bond donors (Lipinski definition) is 0. The van der Waals surface area contributed by atoms with Gasteiger partial charge in [0, 0.05) is 49.1 Å². The SMILES string of the molecule is C[C@@H]1CC[C@@H](N2CC3(COC3)C2)C2=C1[C@@H](C)CC[C@H]2N1CC2(COC2)C1. The maximum Gasteiger partial charge on any atom is 0.0569 e. The first-order valence-corrected chi connectivity index (χ1v) is 11.0. The number of ether oxygens (including phenoxy) is 2. The molecular formula is C22H34N2O2. The summed E-state index contributed by atoms with van der Waals surface area (Å²) in [4.78, 5) is 5.63. The Bertz CT molecular complexity index is 568. The number of nitrogens with zero attached hydrogens (tertiary/aromatic N) is 2. The van der Waals surface area contributed by atoms with Gasteiger partial charge in [-0.25, -0.2) is 0 Å². The van der Waals surface area contributed by atoms with Crippen molar-refractivity contribution in [1.82, 2.24) is 9.80 Å². The zero-order valence-electron chi connectivity index (χ0n) is 16.5. The first-order chi connectivity index (χ1) is 12.6. The molecule has 4 aliphatic heterocycles. The highest BCUT2D eigenvalue weighted by molar-refractivity contribution is 5.35. The van der Waals surface area contributed by atoms with Gasteiger partial charge in [0.1, 0.15) is 0 Å². The predicted octanol–water partition coefficient (Wildman–Crippen LogP) is 2.54. The van der Waals surface area contributed by atoms with E-state index in [9.17, 15) is 0 Å². The van der Waals surface area contributed by atoms with Crippen LogP contribution in [0.5, 0.6) is 0 Å². The molecule has 26 heavy (non-hydrogen) atoms. The smallest absolute Gasteiger partial charge is 0.0569 e. The Morgan fingerprint density at radius 2 is 1.08 bits per heavy atom. The zero-order chi connectivity index (χ0) is 17.5. The molecule has 4 saturated heterocycles. The maximum atomic E-state index is 5.53. The van der Waals surface area contributed by atoms with E-state index in [1.807, 2.05) is 11.1 Å². The zero-order valence-corrected chi connectivity index (χ0v) is 16.5. The molecule has 0 N–H and O–H groups in total. The van der Waals surface area contributed by atoms with Crippen LogP contribution in [0.25, 0.3) is 0 Å². The number of rotatable bonds is 2. The van der Waals surface area contributed by atoms with E-state index in [2.05, 4.69) is 23.6 Å². The molecule has 6 rings (SSSR count). The third-order valence-electron chi connectivity index (χ3n) is 8.53. The van der Waals surface area contributed by atoms with Gasteiger partial charge in [0.15, 0.2) is 0 Å². The van der Waals surface area contributed by atoms with E-state index in [0.29, 0.717) is 10.8 Å². The van der Waals surface area contributed by atoms with Crippen molar-refractivity contribution >= 4 is 0 Å². The fourth-order valence-corrected chi connectivity index (χ4v) is 7.08. The molecule has 0 saturated carbocycles. The number of hydrogen-bond acceptors (Lipinski definition) is 4. The molecule has 2 aliphatic carbocycles. The second-order valence-electron chi connectivity index (χ2n) is 10.7. The molecule has 0 amide bonds. The van der Waals surface area contributed by atoms with Crippen LogP contribution in [0.3, 0.4) is 0 Å². The molecule has 4 nitrogen and oxygen atoms in total. The molecular weight excluding hydrogens is 324 g/mol. The van der Waals surface area contributed by atoms with Crippen LogP contribution in [0.15, 0.2) is 11.1 Å². The number of allylic oxidation sites excluding steroid dienone is 1. The van der Waals surface area contributed by atoms with Crippen molar-refractivity contribution in [2.75, 3.05) is 52.6 Å². The fraction of sp³-hybridized carbons (Fsp3) is 0.909. The van der Waals surface area contributed by atoms with Gasteiger partial charge in [0.2, 0.25) is 0 Å². The van der Waals surface area contributed by atoms with Gasteiger partial charge in [0.05, 0.1) is 26.4 Å². The summed E-state index contributed by atoms with van der Waals surface area (Å²) in [6.45, 7) is 14.1. The first kappa shape index (κ1) is 16.5. The minimum absolute atomic E-state index is 0.531. The van der Waals surface area contributed by atoms with Crippen molar-refractivity contribution in [1.29, 1.82) is 0 Å². The van der Waals surface area contributed by atoms with E-state index in [1.165, 1.54) is 51.9 Å². The second kappa shape index (κ2) is 5.56. The number of likely N-dealkylation sites (tertiary alicyclic amines) is 2. The van der Waals surface area contributed by atoms with Crippen LogP contribution in [-0.2, 0) is 9.47 Å². The molecule has 4 heterocycles. The summed E-state index contributed by atoms with van der Waals surface area (Å²) < 4.78 is 11.1. The summed E-state index contributed by atoms with van der Waals surface area (Å²) in [5.74, 6) is 1.59. The van der Waals surface area contributed by atoms with Gasteiger partial charge in [-0.05, 0) is 43.1 Å². The highest BCUT2D eigenvalue weighted by atomic mass is 16.5. The highest BCUT2D eigenvalue weighted by Crippen LogP contribution is 2.51. The molecule has 0 unspecified atom stereocenters. The molecule has 0 radical (unpaired) electrons. The minimum atomic E-state index is 0.531. The van der Waals surface area contributed by atoms with Crippen LogP contribution in [-0.4, -0.2) is 74.5 Å². The van der Waals surface area contributed by atoms with Crippen molar-refractivity contribution in [3.8, 4) is 0 Å². The van der Waals surface area contributed by atoms with E-state index in [4.69, 9.17) is 9.47 Å². The molecule has 4 heteroatoms. The lowest BCUT2D eigenvalue weighted by Gasteiger charge is -2.62. The van der Waals surface area contributed by atoms with Gasteiger partial charge < -0.3 is 9.47 Å². The summed E-state index contributed by atoms with van der Waals surface area (Å²) in [7, 11) is 0. The second-order valence-corrected chi connectivity index (χ2v) is 10.7. The van der Waals surface area contributed by atoms with E-state index < -0.39 is 0 Å². The van der Waals surface area contributed by atoms with Crippen molar-refractivity contribution in [2.24, 2.45) is 22.7 Å². The summed E-state index contributed by atoms with van der Waals surface area (Å²) in [5.41, 5.74) is 4.79. The first-order valence-electron chi connectivity index (χ1n) is 11.0. The average molecular weight is 359 g/mol. The normalized spacial score (nSPS) is 44.1. The maximum absolute atomic E-state index is 5.53. The van der Waals surface area contributed by atoms with Crippen molar-refractivity contribution in [2.45, 2.75) is 51.6 Å². The van der Waals surface area contributed by atoms with Crippen LogP contribution in [0.2, 0.25) is 0 Å². The summed E-state index contributed by atoms with van der Waals surface area (Å²) >= 11 is 0. The van der Waals surface area contributed by atoms with Crippen LogP contribution in [0.4, 0.5) is 0 Å². The Hall–Kier alpha value is -0.420. The molecule has 4 fully saturated rings. The minimum Gasteiger partial charge on any atom is -0.380 e. The quantitative estimate of drug-likeness (QED) is 0.708. The van der Waals surface area contributed by atoms with Gasteiger partial charge in [-0.15, -0.1) is 0 Å². The lowest BCUT2D eigenvalue weighted by atomic mass is 9.64. The van der Waals surface area contributed by atoms with Crippen molar-refractivity contribution < 1.29 is 9.47 Å². The van der Waals surface area contributed by atoms with E-state index in [1.54, 1.807) is 0 Å². The van der Waals surface area contributed by atoms with Gasteiger partial charge in [-0.3, -0.25) is 9.80 Å².